The fourth-order valence-electron chi connectivity index (χ4n) is 2.29. The Morgan fingerprint density at radius 1 is 0.704 bits per heavy atom. The minimum absolute atomic E-state index is 0.178. The number of hydrogen-bond acceptors (Lipinski definition) is 3. The summed E-state index contributed by atoms with van der Waals surface area (Å²) in [5, 5.41) is 27.5. The number of carboxylic acids is 2. The van der Waals surface area contributed by atoms with Gasteiger partial charge in [0.25, 0.3) is 0 Å². The smallest absolute Gasteiger partial charge is 0.335 e. The number of carboxylic acid groups (broad SMARTS) is 2. The number of aliphatic hydroxyl groups excluding tert-OH is 1. The van der Waals surface area contributed by atoms with Gasteiger partial charge in [-0.2, -0.15) is 0 Å². The lowest BCUT2D eigenvalue weighted by Gasteiger charge is -2.11. The van der Waals surface area contributed by atoms with Crippen molar-refractivity contribution in [3.63, 3.8) is 0 Å². The third-order valence-electron chi connectivity index (χ3n) is 3.64. The third-order valence-corrected chi connectivity index (χ3v) is 4.13. The van der Waals surface area contributed by atoms with Gasteiger partial charge in [0.2, 0.25) is 0 Å². The van der Waals surface area contributed by atoms with Crippen LogP contribution in [0.2, 0.25) is 0 Å². The molecule has 3 aromatic carbocycles. The molecule has 138 valence electrons. The second kappa shape index (κ2) is 9.66. The molecule has 0 saturated heterocycles. The normalized spacial score (nSPS) is 11.0. The average Bonchev–Trinajstić information content (AvgIpc) is 2.68. The van der Waals surface area contributed by atoms with Crippen LogP contribution in [0.25, 0.3) is 0 Å². The summed E-state index contributed by atoms with van der Waals surface area (Å²) >= 11 is 3.17. The molecular weight excluding hydrogens is 412 g/mol. The first-order valence-electron chi connectivity index (χ1n) is 7.93. The third kappa shape index (κ3) is 6.06. The fourth-order valence-corrected chi connectivity index (χ4v) is 2.69. The minimum atomic E-state index is -0.993. The first kappa shape index (κ1) is 20.4. The molecule has 0 spiro atoms. The van der Waals surface area contributed by atoms with E-state index >= 15 is 0 Å². The SMILES string of the molecule is O=C(O)c1cccc(Br)c1.O=C(O)c1cccc(C(O)c2ccccc2)c1. The molecule has 0 radical (unpaired) electrons. The standard InChI is InChI=1S/C14H12O3.C7H5BrO2/c15-13(10-5-2-1-3-6-10)11-7-4-8-12(9-11)14(16)17;8-6-3-1-2-5(4-6)7(9)10/h1-9,13,15H,(H,16,17);1-4H,(H,9,10). The van der Waals surface area contributed by atoms with Gasteiger partial charge in [-0.05, 0) is 41.5 Å². The fraction of sp³-hybridized carbons (Fsp3) is 0.0476. The van der Waals surface area contributed by atoms with Crippen molar-refractivity contribution in [3.8, 4) is 0 Å². The van der Waals surface area contributed by atoms with Gasteiger partial charge in [-0.3, -0.25) is 0 Å². The second-order valence-corrected chi connectivity index (χ2v) is 6.48. The maximum Gasteiger partial charge on any atom is 0.335 e. The van der Waals surface area contributed by atoms with Gasteiger partial charge in [-0.1, -0.05) is 64.5 Å². The lowest BCUT2D eigenvalue weighted by molar-refractivity contribution is 0.0686. The van der Waals surface area contributed by atoms with E-state index in [2.05, 4.69) is 15.9 Å². The number of carbonyl (C=O) groups is 2. The van der Waals surface area contributed by atoms with E-state index in [1.807, 2.05) is 18.2 Å². The van der Waals surface area contributed by atoms with Crippen molar-refractivity contribution in [3.05, 3.63) is 106 Å². The van der Waals surface area contributed by atoms with E-state index in [0.717, 1.165) is 10.0 Å². The van der Waals surface area contributed by atoms with Crippen molar-refractivity contribution >= 4 is 27.9 Å². The molecule has 0 aromatic heterocycles. The van der Waals surface area contributed by atoms with Crippen LogP contribution in [0.4, 0.5) is 0 Å². The Labute approximate surface area is 164 Å². The molecule has 0 aliphatic rings. The average molecular weight is 429 g/mol. The monoisotopic (exact) mass is 428 g/mol. The molecule has 0 bridgehead atoms. The van der Waals surface area contributed by atoms with Gasteiger partial charge in [0.1, 0.15) is 6.10 Å². The van der Waals surface area contributed by atoms with Gasteiger partial charge in [0, 0.05) is 4.47 Å². The van der Waals surface area contributed by atoms with Crippen molar-refractivity contribution in [2.75, 3.05) is 0 Å². The van der Waals surface area contributed by atoms with E-state index in [0.29, 0.717) is 11.1 Å². The van der Waals surface area contributed by atoms with Crippen LogP contribution >= 0.6 is 15.9 Å². The lowest BCUT2D eigenvalue weighted by atomic mass is 10.00. The summed E-state index contributed by atoms with van der Waals surface area (Å²) in [4.78, 5) is 21.2. The molecule has 3 rings (SSSR count). The number of aromatic carboxylic acids is 2. The molecule has 0 amide bonds. The summed E-state index contributed by atoms with van der Waals surface area (Å²) in [6.07, 6.45) is -0.796. The van der Waals surface area contributed by atoms with E-state index in [1.165, 1.54) is 12.1 Å². The molecule has 0 heterocycles. The summed E-state index contributed by atoms with van der Waals surface area (Å²) in [7, 11) is 0. The summed E-state index contributed by atoms with van der Waals surface area (Å²) in [6, 6.07) is 22.0. The molecule has 6 heteroatoms. The zero-order valence-electron chi connectivity index (χ0n) is 14.1. The maximum absolute atomic E-state index is 10.8. The molecule has 1 atom stereocenters. The largest absolute Gasteiger partial charge is 0.478 e. The van der Waals surface area contributed by atoms with E-state index in [-0.39, 0.29) is 5.56 Å². The highest BCUT2D eigenvalue weighted by Gasteiger charge is 2.12. The van der Waals surface area contributed by atoms with E-state index in [4.69, 9.17) is 10.2 Å². The number of hydrogen-bond donors (Lipinski definition) is 3. The van der Waals surface area contributed by atoms with Crippen molar-refractivity contribution in [1.29, 1.82) is 0 Å². The number of halogens is 1. The predicted octanol–water partition coefficient (Wildman–Crippen LogP) is 4.61. The predicted molar refractivity (Wildman–Crippen MR) is 105 cm³/mol. The molecule has 5 nitrogen and oxygen atoms in total. The summed E-state index contributed by atoms with van der Waals surface area (Å²) < 4.78 is 0.785. The van der Waals surface area contributed by atoms with Crippen LogP contribution in [0.1, 0.15) is 37.9 Å². The Morgan fingerprint density at radius 2 is 1.22 bits per heavy atom. The lowest BCUT2D eigenvalue weighted by Crippen LogP contribution is -2.02. The van der Waals surface area contributed by atoms with Gasteiger partial charge >= 0.3 is 11.9 Å². The zero-order valence-corrected chi connectivity index (χ0v) is 15.7. The Morgan fingerprint density at radius 3 is 1.74 bits per heavy atom. The molecule has 0 saturated carbocycles. The van der Waals surface area contributed by atoms with E-state index < -0.39 is 18.0 Å². The molecule has 27 heavy (non-hydrogen) atoms. The van der Waals surface area contributed by atoms with Crippen LogP contribution in [0.15, 0.2) is 83.3 Å². The first-order chi connectivity index (χ1) is 12.9. The van der Waals surface area contributed by atoms with Crippen molar-refractivity contribution in [1.82, 2.24) is 0 Å². The van der Waals surface area contributed by atoms with Crippen molar-refractivity contribution < 1.29 is 24.9 Å². The number of rotatable bonds is 4. The minimum Gasteiger partial charge on any atom is -0.478 e. The van der Waals surface area contributed by atoms with Crippen LogP contribution in [0.3, 0.4) is 0 Å². The number of benzene rings is 3. The van der Waals surface area contributed by atoms with E-state index in [1.54, 1.807) is 48.5 Å². The Hall–Kier alpha value is -2.96. The molecule has 3 N–H and O–H groups in total. The molecule has 3 aromatic rings. The van der Waals surface area contributed by atoms with Gasteiger partial charge in [0.15, 0.2) is 0 Å². The molecular formula is C21H17BrO5. The summed E-state index contributed by atoms with van der Waals surface area (Å²) in [6.45, 7) is 0. The van der Waals surface area contributed by atoms with Crippen LogP contribution in [-0.4, -0.2) is 27.3 Å². The molecule has 0 aliphatic carbocycles. The number of aliphatic hydroxyl groups is 1. The Balaban J connectivity index is 0.000000223. The van der Waals surface area contributed by atoms with Crippen molar-refractivity contribution in [2.24, 2.45) is 0 Å². The van der Waals surface area contributed by atoms with Gasteiger partial charge < -0.3 is 15.3 Å². The molecule has 0 aliphatic heterocycles. The van der Waals surface area contributed by atoms with Crippen LogP contribution in [0, 0.1) is 0 Å². The Kier molecular flexibility index (Phi) is 7.28. The Bertz CT molecular complexity index is 925. The highest BCUT2D eigenvalue weighted by atomic mass is 79.9. The highest BCUT2D eigenvalue weighted by molar-refractivity contribution is 9.10. The maximum atomic E-state index is 10.8. The van der Waals surface area contributed by atoms with Gasteiger partial charge in [0.05, 0.1) is 11.1 Å². The van der Waals surface area contributed by atoms with Gasteiger partial charge in [-0.25, -0.2) is 9.59 Å². The van der Waals surface area contributed by atoms with E-state index in [9.17, 15) is 14.7 Å². The summed E-state index contributed by atoms with van der Waals surface area (Å²) in [5.41, 5.74) is 1.80. The quantitative estimate of drug-likeness (QED) is 0.563. The first-order valence-corrected chi connectivity index (χ1v) is 8.73. The molecule has 1 unspecified atom stereocenters. The van der Waals surface area contributed by atoms with Gasteiger partial charge in [-0.15, -0.1) is 0 Å². The second-order valence-electron chi connectivity index (χ2n) is 5.56. The van der Waals surface area contributed by atoms with Crippen LogP contribution < -0.4 is 0 Å². The zero-order chi connectivity index (χ0) is 19.8. The molecule has 0 fully saturated rings. The highest BCUT2D eigenvalue weighted by Crippen LogP contribution is 2.22. The van der Waals surface area contributed by atoms with Crippen molar-refractivity contribution in [2.45, 2.75) is 6.10 Å². The topological polar surface area (TPSA) is 94.8 Å². The summed E-state index contributed by atoms with van der Waals surface area (Å²) in [5.74, 6) is -1.89. The van der Waals surface area contributed by atoms with Crippen LogP contribution in [-0.2, 0) is 0 Å². The van der Waals surface area contributed by atoms with Crippen LogP contribution in [0.5, 0.6) is 0 Å².